The molecule has 0 spiro atoms. The number of hydrogen-bond donors (Lipinski definition) is 0. The van der Waals surface area contributed by atoms with Crippen LogP contribution in [0.4, 0.5) is 0 Å². The van der Waals surface area contributed by atoms with E-state index in [-0.39, 0.29) is 23.0 Å². The van der Waals surface area contributed by atoms with E-state index in [4.69, 9.17) is 16.6 Å². The van der Waals surface area contributed by atoms with E-state index in [2.05, 4.69) is 4.74 Å². The van der Waals surface area contributed by atoms with Gasteiger partial charge in [-0.1, -0.05) is 0 Å². The van der Waals surface area contributed by atoms with Crippen LogP contribution in [-0.4, -0.2) is 11.9 Å². The Morgan fingerprint density at radius 3 is 2.33 bits per heavy atom. The van der Waals surface area contributed by atoms with Crippen molar-refractivity contribution in [3.63, 3.8) is 0 Å². The van der Waals surface area contributed by atoms with Crippen molar-refractivity contribution in [3.05, 3.63) is 43.0 Å². The first kappa shape index (κ1) is 18.4. The molecule has 0 fully saturated rings. The fourth-order valence-electron chi connectivity index (χ4n) is 0.968. The smallest absolute Gasteiger partial charge is 0.512 e. The third-order valence-electron chi connectivity index (χ3n) is 1.48. The zero-order chi connectivity index (χ0) is 13.3. The first-order valence-corrected chi connectivity index (χ1v) is 4.59. The standard InChI is InChI=1S/C11H11O4.CN.Cu/c1-8(12)14-7-10-4-3-5-11(6-10)15-9(2)13;1-2;/h3-7H,1-2H3;;/q2*-1;+2. The molecule has 1 rings (SSSR count). The molecule has 0 aliphatic rings. The van der Waals surface area contributed by atoms with Crippen LogP contribution in [-0.2, 0) is 31.4 Å². The SMILES string of the molecule is CC(=O)O[CH-]c1cccc(OC(C)=O)c1.[C-]#N.[Cu+2]. The number of esters is 2. The number of ether oxygens (including phenoxy) is 2. The predicted octanol–water partition coefficient (Wildman–Crippen LogP) is 1.78. The summed E-state index contributed by atoms with van der Waals surface area (Å²) in [6.07, 6.45) is 0. The Hall–Kier alpha value is -1.96. The summed E-state index contributed by atoms with van der Waals surface area (Å²) in [4.78, 5) is 21.2. The molecule has 1 aromatic rings. The van der Waals surface area contributed by atoms with Gasteiger partial charge in [0.1, 0.15) is 0 Å². The van der Waals surface area contributed by atoms with Crippen LogP contribution >= 0.6 is 0 Å². The first-order chi connectivity index (χ1) is 8.08. The molecular formula is C12H11CuNO4. The molecule has 0 N–H and O–H groups in total. The zero-order valence-electron chi connectivity index (χ0n) is 9.77. The third-order valence-corrected chi connectivity index (χ3v) is 1.48. The summed E-state index contributed by atoms with van der Waals surface area (Å²) in [5.74, 6) is -0.365. The Morgan fingerprint density at radius 1 is 1.22 bits per heavy atom. The Bertz CT molecular complexity index is 418. The molecule has 0 bridgehead atoms. The van der Waals surface area contributed by atoms with Crippen LogP contribution in [0.2, 0.25) is 0 Å². The quantitative estimate of drug-likeness (QED) is 0.368. The van der Waals surface area contributed by atoms with Gasteiger partial charge in [-0.05, 0) is 12.7 Å². The minimum absolute atomic E-state index is 0. The van der Waals surface area contributed by atoms with Crippen molar-refractivity contribution in [3.8, 4) is 5.75 Å². The average Bonchev–Trinajstić information content (AvgIpc) is 2.29. The van der Waals surface area contributed by atoms with Crippen molar-refractivity contribution in [2.24, 2.45) is 0 Å². The van der Waals surface area contributed by atoms with Crippen LogP contribution in [0.1, 0.15) is 19.4 Å². The van der Waals surface area contributed by atoms with E-state index in [0.717, 1.165) is 0 Å². The van der Waals surface area contributed by atoms with E-state index in [9.17, 15) is 9.59 Å². The van der Waals surface area contributed by atoms with Gasteiger partial charge in [0.15, 0.2) is 0 Å². The summed E-state index contributed by atoms with van der Waals surface area (Å²) in [6, 6.07) is 6.68. The van der Waals surface area contributed by atoms with Gasteiger partial charge in [0.2, 0.25) is 0 Å². The summed E-state index contributed by atoms with van der Waals surface area (Å²) >= 11 is 0. The van der Waals surface area contributed by atoms with E-state index < -0.39 is 5.97 Å². The molecule has 0 aromatic heterocycles. The minimum atomic E-state index is -0.395. The second kappa shape index (κ2) is 10.2. The van der Waals surface area contributed by atoms with Crippen molar-refractivity contribution in [1.82, 2.24) is 0 Å². The van der Waals surface area contributed by atoms with Crippen molar-refractivity contribution in [2.45, 2.75) is 13.8 Å². The van der Waals surface area contributed by atoms with E-state index in [0.29, 0.717) is 11.3 Å². The fraction of sp³-hybridized carbons (Fsp3) is 0.167. The van der Waals surface area contributed by atoms with Gasteiger partial charge >= 0.3 is 23.0 Å². The van der Waals surface area contributed by atoms with E-state index >= 15 is 0 Å². The van der Waals surface area contributed by atoms with Gasteiger partial charge in [0.25, 0.3) is 5.97 Å². The average molecular weight is 297 g/mol. The van der Waals surface area contributed by atoms with Crippen LogP contribution < -0.4 is 4.74 Å². The number of carbonyl (C=O) groups is 2. The number of nitrogens with zero attached hydrogens (tertiary/aromatic N) is 1. The molecule has 1 radical (unpaired) electrons. The van der Waals surface area contributed by atoms with Crippen molar-refractivity contribution < 1.29 is 36.1 Å². The largest absolute Gasteiger partial charge is 2.00 e. The summed E-state index contributed by atoms with van der Waals surface area (Å²) in [7, 11) is 0. The van der Waals surface area contributed by atoms with Gasteiger partial charge in [-0.3, -0.25) is 9.59 Å². The molecule has 18 heavy (non-hydrogen) atoms. The molecule has 0 heterocycles. The summed E-state index contributed by atoms with van der Waals surface area (Å²) in [5.41, 5.74) is 0.656. The molecule has 0 atom stereocenters. The van der Waals surface area contributed by atoms with Gasteiger partial charge < -0.3 is 21.3 Å². The van der Waals surface area contributed by atoms with Crippen LogP contribution in [0.15, 0.2) is 24.3 Å². The Kier molecular flexibility index (Phi) is 10.4. The van der Waals surface area contributed by atoms with Crippen molar-refractivity contribution in [2.75, 3.05) is 0 Å². The molecular weight excluding hydrogens is 286 g/mol. The first-order valence-electron chi connectivity index (χ1n) is 4.59. The maximum absolute atomic E-state index is 10.7. The molecule has 0 aliphatic carbocycles. The Labute approximate surface area is 116 Å². The monoisotopic (exact) mass is 296 g/mol. The molecule has 1 aromatic carbocycles. The Balaban J connectivity index is 0. The topological polar surface area (TPSA) is 76.4 Å². The fourth-order valence-corrected chi connectivity index (χ4v) is 0.968. The second-order valence-electron chi connectivity index (χ2n) is 2.89. The van der Waals surface area contributed by atoms with E-state index in [1.165, 1.54) is 20.5 Å². The number of hydrogen-bond acceptors (Lipinski definition) is 5. The summed E-state index contributed by atoms with van der Waals surface area (Å²) in [6.45, 7) is 8.68. The van der Waals surface area contributed by atoms with Gasteiger partial charge in [0.05, 0.1) is 5.75 Å². The molecule has 6 heteroatoms. The maximum Gasteiger partial charge on any atom is 2.00 e. The van der Waals surface area contributed by atoms with E-state index in [1.54, 1.807) is 24.3 Å². The van der Waals surface area contributed by atoms with Crippen LogP contribution in [0, 0.1) is 18.4 Å². The van der Waals surface area contributed by atoms with Crippen LogP contribution in [0.5, 0.6) is 5.75 Å². The van der Waals surface area contributed by atoms with Crippen LogP contribution in [0.3, 0.4) is 0 Å². The molecule has 0 saturated carbocycles. The number of rotatable bonds is 3. The van der Waals surface area contributed by atoms with Crippen molar-refractivity contribution in [1.29, 1.82) is 5.26 Å². The molecule has 5 nitrogen and oxygen atoms in total. The maximum atomic E-state index is 10.7. The molecule has 0 saturated heterocycles. The number of benzene rings is 1. The molecule has 0 aliphatic heterocycles. The molecule has 99 valence electrons. The molecule has 0 amide bonds. The van der Waals surface area contributed by atoms with Crippen molar-refractivity contribution >= 4 is 11.9 Å². The Morgan fingerprint density at radius 2 is 1.83 bits per heavy atom. The molecule has 0 unspecified atom stereocenters. The summed E-state index contributed by atoms with van der Waals surface area (Å²) in [5, 5.41) is 6.25. The van der Waals surface area contributed by atoms with Gasteiger partial charge in [-0.2, -0.15) is 11.6 Å². The summed E-state index contributed by atoms with van der Waals surface area (Å²) < 4.78 is 9.55. The minimum Gasteiger partial charge on any atom is -0.512 e. The van der Waals surface area contributed by atoms with Gasteiger partial charge in [-0.15, -0.1) is 12.1 Å². The zero-order valence-corrected chi connectivity index (χ0v) is 10.7. The number of carbonyl (C=O) groups excluding carboxylic acids is 2. The van der Waals surface area contributed by atoms with E-state index in [1.807, 2.05) is 0 Å². The van der Waals surface area contributed by atoms with Gasteiger partial charge in [-0.25, -0.2) is 0 Å². The van der Waals surface area contributed by atoms with Gasteiger partial charge in [0, 0.05) is 13.8 Å². The predicted molar refractivity (Wildman–Crippen MR) is 57.9 cm³/mol. The second-order valence-corrected chi connectivity index (χ2v) is 2.89. The third kappa shape index (κ3) is 8.22. The normalized spacial score (nSPS) is 7.78. The van der Waals surface area contributed by atoms with Crippen LogP contribution in [0.25, 0.3) is 0 Å².